The quantitative estimate of drug-likeness (QED) is 0.809. The van der Waals surface area contributed by atoms with Crippen LogP contribution >= 0.6 is 0 Å². The van der Waals surface area contributed by atoms with Crippen molar-refractivity contribution in [2.24, 2.45) is 5.92 Å². The smallest absolute Gasteiger partial charge is 0.140 e. The number of rotatable bonds is 3. The maximum absolute atomic E-state index is 11.2. The van der Waals surface area contributed by atoms with E-state index >= 15 is 0 Å². The molecule has 0 amide bonds. The Morgan fingerprint density at radius 2 is 1.89 bits per heavy atom. The van der Waals surface area contributed by atoms with Crippen LogP contribution in [0.2, 0.25) is 0 Å². The van der Waals surface area contributed by atoms with Crippen molar-refractivity contribution in [3.05, 3.63) is 59.7 Å². The van der Waals surface area contributed by atoms with Gasteiger partial charge in [0.15, 0.2) is 0 Å². The van der Waals surface area contributed by atoms with E-state index in [1.54, 1.807) is 14.0 Å². The summed E-state index contributed by atoms with van der Waals surface area (Å²) in [5, 5.41) is 0. The van der Waals surface area contributed by atoms with Crippen LogP contribution in [0.3, 0.4) is 0 Å². The Morgan fingerprint density at radius 1 is 1.22 bits per heavy atom. The van der Waals surface area contributed by atoms with Crippen LogP contribution in [0.15, 0.2) is 54.1 Å². The van der Waals surface area contributed by atoms with Gasteiger partial charge in [-0.25, -0.2) is 0 Å². The monoisotopic (exact) mass is 240 g/mol. The summed E-state index contributed by atoms with van der Waals surface area (Å²) in [4.78, 5) is 11.2. The number of Topliss-reactive ketones (excluding diaryl/α,β-unsaturated/α-hetero) is 1. The van der Waals surface area contributed by atoms with Crippen molar-refractivity contribution in [1.82, 2.24) is 0 Å². The highest BCUT2D eigenvalue weighted by Crippen LogP contribution is 2.23. The summed E-state index contributed by atoms with van der Waals surface area (Å²) in [6.45, 7) is 1.61. The third kappa shape index (κ3) is 2.77. The molecule has 1 aliphatic carbocycles. The molecule has 0 heterocycles. The fourth-order valence-electron chi connectivity index (χ4n) is 1.88. The van der Waals surface area contributed by atoms with Gasteiger partial charge in [-0.2, -0.15) is 0 Å². The number of carbonyl (C=O) groups excluding carboxylic acids is 1. The Bertz CT molecular complexity index is 520. The molecule has 0 radical (unpaired) electrons. The Labute approximate surface area is 107 Å². The first-order chi connectivity index (χ1) is 8.70. The van der Waals surface area contributed by atoms with Crippen LogP contribution < -0.4 is 4.74 Å². The van der Waals surface area contributed by atoms with Crippen LogP contribution in [0.5, 0.6) is 5.75 Å². The lowest BCUT2D eigenvalue weighted by Crippen LogP contribution is -2.06. The second kappa shape index (κ2) is 5.50. The molecule has 2 nitrogen and oxygen atoms in total. The van der Waals surface area contributed by atoms with Crippen molar-refractivity contribution in [2.45, 2.75) is 6.92 Å². The SMILES string of the molecule is COc1ccccc1C=C1C=CC(C(C)=O)C=C1. The topological polar surface area (TPSA) is 26.3 Å². The molecule has 1 aliphatic rings. The van der Waals surface area contributed by atoms with Gasteiger partial charge < -0.3 is 4.74 Å². The minimum atomic E-state index is -0.0835. The van der Waals surface area contributed by atoms with Crippen LogP contribution in [0.1, 0.15) is 12.5 Å². The second-order valence-electron chi connectivity index (χ2n) is 4.24. The number of para-hydroxylation sites is 1. The fourth-order valence-corrected chi connectivity index (χ4v) is 1.88. The molecular formula is C16H16O2. The van der Waals surface area contributed by atoms with E-state index in [1.807, 2.05) is 54.6 Å². The summed E-state index contributed by atoms with van der Waals surface area (Å²) in [5.74, 6) is 0.930. The average molecular weight is 240 g/mol. The number of hydrogen-bond donors (Lipinski definition) is 0. The zero-order valence-corrected chi connectivity index (χ0v) is 10.6. The van der Waals surface area contributed by atoms with E-state index in [1.165, 1.54) is 0 Å². The van der Waals surface area contributed by atoms with Gasteiger partial charge in [-0.05, 0) is 24.6 Å². The van der Waals surface area contributed by atoms with E-state index in [9.17, 15) is 4.79 Å². The van der Waals surface area contributed by atoms with Crippen LogP contribution in [0, 0.1) is 5.92 Å². The molecule has 18 heavy (non-hydrogen) atoms. The molecule has 1 aromatic carbocycles. The second-order valence-corrected chi connectivity index (χ2v) is 4.24. The molecule has 0 saturated carbocycles. The van der Waals surface area contributed by atoms with Crippen LogP contribution in [-0.2, 0) is 4.79 Å². The predicted octanol–water partition coefficient (Wildman–Crippen LogP) is 3.41. The molecule has 0 aliphatic heterocycles. The molecule has 0 unspecified atom stereocenters. The van der Waals surface area contributed by atoms with E-state index in [0.29, 0.717) is 0 Å². The molecule has 0 spiro atoms. The van der Waals surface area contributed by atoms with Gasteiger partial charge in [0.05, 0.1) is 13.0 Å². The fraction of sp³-hybridized carbons (Fsp3) is 0.188. The molecule has 0 bridgehead atoms. The largest absolute Gasteiger partial charge is 0.496 e. The normalized spacial score (nSPS) is 17.7. The number of hydrogen-bond acceptors (Lipinski definition) is 2. The van der Waals surface area contributed by atoms with Crippen molar-refractivity contribution in [3.63, 3.8) is 0 Å². The van der Waals surface area contributed by atoms with Crippen LogP contribution in [-0.4, -0.2) is 12.9 Å². The Hall–Kier alpha value is -2.09. The Kier molecular flexibility index (Phi) is 3.78. The minimum Gasteiger partial charge on any atom is -0.496 e. The number of methoxy groups -OCH3 is 1. The van der Waals surface area contributed by atoms with Crippen molar-refractivity contribution in [2.75, 3.05) is 7.11 Å². The molecule has 2 heteroatoms. The summed E-state index contributed by atoms with van der Waals surface area (Å²) in [5.41, 5.74) is 2.10. The number of ketones is 1. The highest BCUT2D eigenvalue weighted by atomic mass is 16.5. The highest BCUT2D eigenvalue weighted by Gasteiger charge is 2.09. The molecule has 0 atom stereocenters. The molecular weight excluding hydrogens is 224 g/mol. The van der Waals surface area contributed by atoms with Gasteiger partial charge in [0.1, 0.15) is 11.5 Å². The lowest BCUT2D eigenvalue weighted by atomic mass is 9.96. The first-order valence-electron chi connectivity index (χ1n) is 5.92. The van der Waals surface area contributed by atoms with Gasteiger partial charge in [0, 0.05) is 5.56 Å². The van der Waals surface area contributed by atoms with Gasteiger partial charge >= 0.3 is 0 Å². The molecule has 1 aromatic rings. The highest BCUT2D eigenvalue weighted by molar-refractivity contribution is 5.83. The van der Waals surface area contributed by atoms with Gasteiger partial charge in [-0.15, -0.1) is 0 Å². The zero-order chi connectivity index (χ0) is 13.0. The van der Waals surface area contributed by atoms with Crippen LogP contribution in [0.25, 0.3) is 6.08 Å². The first-order valence-corrected chi connectivity index (χ1v) is 5.92. The maximum Gasteiger partial charge on any atom is 0.140 e. The number of benzene rings is 1. The summed E-state index contributed by atoms with van der Waals surface area (Å²) in [6.07, 6.45) is 9.83. The molecule has 92 valence electrons. The van der Waals surface area contributed by atoms with Crippen molar-refractivity contribution < 1.29 is 9.53 Å². The summed E-state index contributed by atoms with van der Waals surface area (Å²) in [6, 6.07) is 7.86. The van der Waals surface area contributed by atoms with Gasteiger partial charge in [0.25, 0.3) is 0 Å². The summed E-state index contributed by atoms with van der Waals surface area (Å²) in [7, 11) is 1.66. The van der Waals surface area contributed by atoms with Gasteiger partial charge in [0.2, 0.25) is 0 Å². The number of allylic oxidation sites excluding steroid dienone is 5. The molecule has 0 fully saturated rings. The molecule has 0 saturated heterocycles. The van der Waals surface area contributed by atoms with E-state index in [-0.39, 0.29) is 11.7 Å². The summed E-state index contributed by atoms with van der Waals surface area (Å²) >= 11 is 0. The Morgan fingerprint density at radius 3 is 2.50 bits per heavy atom. The van der Waals surface area contributed by atoms with Crippen molar-refractivity contribution in [1.29, 1.82) is 0 Å². The maximum atomic E-state index is 11.2. The Balaban J connectivity index is 2.24. The average Bonchev–Trinajstić information content (AvgIpc) is 2.40. The minimum absolute atomic E-state index is 0.0835. The van der Waals surface area contributed by atoms with Gasteiger partial charge in [-0.3, -0.25) is 4.79 Å². The third-order valence-corrected chi connectivity index (χ3v) is 2.92. The van der Waals surface area contributed by atoms with Gasteiger partial charge in [-0.1, -0.05) is 42.5 Å². The lowest BCUT2D eigenvalue weighted by molar-refractivity contribution is -0.118. The predicted molar refractivity (Wildman–Crippen MR) is 73.4 cm³/mol. The lowest BCUT2D eigenvalue weighted by Gasteiger charge is -2.09. The van der Waals surface area contributed by atoms with Crippen molar-refractivity contribution in [3.8, 4) is 5.75 Å². The number of carbonyl (C=O) groups is 1. The molecule has 0 N–H and O–H groups in total. The third-order valence-electron chi connectivity index (χ3n) is 2.92. The molecule has 0 aromatic heterocycles. The van der Waals surface area contributed by atoms with Crippen molar-refractivity contribution >= 4 is 11.9 Å². The number of ether oxygens (including phenoxy) is 1. The van der Waals surface area contributed by atoms with E-state index < -0.39 is 0 Å². The summed E-state index contributed by atoms with van der Waals surface area (Å²) < 4.78 is 5.30. The zero-order valence-electron chi connectivity index (χ0n) is 10.6. The van der Waals surface area contributed by atoms with E-state index in [0.717, 1.165) is 16.9 Å². The van der Waals surface area contributed by atoms with E-state index in [2.05, 4.69) is 0 Å². The standard InChI is InChI=1S/C16H16O2/c1-12(17)14-9-7-13(8-10-14)11-15-5-3-4-6-16(15)18-2/h3-11,14H,1-2H3. The van der Waals surface area contributed by atoms with E-state index in [4.69, 9.17) is 4.74 Å². The first kappa shape index (κ1) is 12.4. The van der Waals surface area contributed by atoms with Crippen LogP contribution in [0.4, 0.5) is 0 Å². The molecule has 2 rings (SSSR count).